The number of nitrogens with zero attached hydrogens (tertiary/aromatic N) is 1. The van der Waals surface area contributed by atoms with Gasteiger partial charge in [-0.1, -0.05) is 45.4 Å². The van der Waals surface area contributed by atoms with Gasteiger partial charge in [-0.15, -0.1) is 0 Å². The SMILES string of the molecule is CC[C@H](CC(=O)C[C@@H](C)C(C)C)c1ccc(Cl)c(C(=O)c2cccnc2)c1F. The summed E-state index contributed by atoms with van der Waals surface area (Å²) in [6, 6.07) is 6.32. The lowest BCUT2D eigenvalue weighted by molar-refractivity contribution is -0.120. The predicted molar refractivity (Wildman–Crippen MR) is 110 cm³/mol. The van der Waals surface area contributed by atoms with E-state index in [2.05, 4.69) is 25.8 Å². The van der Waals surface area contributed by atoms with Crippen molar-refractivity contribution in [2.24, 2.45) is 11.8 Å². The molecule has 0 spiro atoms. The van der Waals surface area contributed by atoms with Gasteiger partial charge in [0.05, 0.1) is 10.6 Å². The first-order chi connectivity index (χ1) is 13.3. The Morgan fingerprint density at radius 1 is 1.14 bits per heavy atom. The van der Waals surface area contributed by atoms with Crippen molar-refractivity contribution in [3.05, 3.63) is 64.2 Å². The quantitative estimate of drug-likeness (QED) is 0.465. The highest BCUT2D eigenvalue weighted by molar-refractivity contribution is 6.35. The summed E-state index contributed by atoms with van der Waals surface area (Å²) in [6.45, 7) is 8.15. The standard InChI is InChI=1S/C23H27ClFNO2/c1-5-16(12-18(27)11-15(4)14(2)3)19-8-9-20(24)21(22(19)25)23(28)17-7-6-10-26-13-17/h6-10,13-16H,5,11-12H2,1-4H3/t15-,16-/m1/s1. The molecule has 0 amide bonds. The van der Waals surface area contributed by atoms with E-state index in [1.807, 2.05) is 6.92 Å². The highest BCUT2D eigenvalue weighted by atomic mass is 35.5. The summed E-state index contributed by atoms with van der Waals surface area (Å²) >= 11 is 6.16. The molecule has 0 aliphatic carbocycles. The number of rotatable bonds is 9. The zero-order valence-electron chi connectivity index (χ0n) is 16.8. The van der Waals surface area contributed by atoms with Gasteiger partial charge >= 0.3 is 0 Å². The van der Waals surface area contributed by atoms with E-state index in [9.17, 15) is 9.59 Å². The number of ketones is 2. The first-order valence-electron chi connectivity index (χ1n) is 9.70. The van der Waals surface area contributed by atoms with E-state index in [1.165, 1.54) is 12.3 Å². The Labute approximate surface area is 171 Å². The summed E-state index contributed by atoms with van der Waals surface area (Å²) in [4.78, 5) is 29.2. The molecule has 2 rings (SSSR count). The molecule has 28 heavy (non-hydrogen) atoms. The molecular formula is C23H27ClFNO2. The van der Waals surface area contributed by atoms with Crippen molar-refractivity contribution in [2.45, 2.75) is 52.9 Å². The van der Waals surface area contributed by atoms with E-state index in [0.29, 0.717) is 24.3 Å². The number of carbonyl (C=O) groups excluding carboxylic acids is 2. The first kappa shape index (κ1) is 22.2. The minimum Gasteiger partial charge on any atom is -0.300 e. The summed E-state index contributed by atoms with van der Waals surface area (Å²) in [5.41, 5.74) is 0.480. The van der Waals surface area contributed by atoms with Crippen molar-refractivity contribution in [3.8, 4) is 0 Å². The van der Waals surface area contributed by atoms with Crippen LogP contribution >= 0.6 is 11.6 Å². The molecule has 0 bridgehead atoms. The van der Waals surface area contributed by atoms with Crippen LogP contribution in [0, 0.1) is 17.7 Å². The number of aromatic nitrogens is 1. The molecule has 2 aromatic rings. The second kappa shape index (κ2) is 9.92. The van der Waals surface area contributed by atoms with E-state index < -0.39 is 11.6 Å². The van der Waals surface area contributed by atoms with Gasteiger partial charge in [0.2, 0.25) is 0 Å². The van der Waals surface area contributed by atoms with E-state index in [0.717, 1.165) is 0 Å². The fraction of sp³-hybridized carbons (Fsp3) is 0.435. The summed E-state index contributed by atoms with van der Waals surface area (Å²) in [6.07, 6.45) is 4.26. The van der Waals surface area contributed by atoms with Crippen molar-refractivity contribution in [2.75, 3.05) is 0 Å². The fourth-order valence-corrected chi connectivity index (χ4v) is 3.39. The van der Waals surface area contributed by atoms with Gasteiger partial charge < -0.3 is 0 Å². The highest BCUT2D eigenvalue weighted by Crippen LogP contribution is 2.33. The number of Topliss-reactive ketones (excluding diaryl/α,β-unsaturated/α-hetero) is 1. The number of benzene rings is 1. The third kappa shape index (κ3) is 5.26. The Morgan fingerprint density at radius 2 is 1.86 bits per heavy atom. The molecule has 150 valence electrons. The van der Waals surface area contributed by atoms with Crippen LogP contribution in [0.1, 0.15) is 74.4 Å². The Balaban J connectivity index is 2.32. The first-order valence-corrected chi connectivity index (χ1v) is 10.1. The van der Waals surface area contributed by atoms with Crippen molar-refractivity contribution in [3.63, 3.8) is 0 Å². The highest BCUT2D eigenvalue weighted by Gasteiger charge is 2.26. The molecule has 0 N–H and O–H groups in total. The average Bonchev–Trinajstić information content (AvgIpc) is 2.67. The normalized spacial score (nSPS) is 13.4. The molecule has 0 aliphatic rings. The predicted octanol–water partition coefficient (Wildman–Crippen LogP) is 6.24. The number of halogens is 2. The molecule has 0 unspecified atom stereocenters. The summed E-state index contributed by atoms with van der Waals surface area (Å²) in [5.74, 6) is -0.625. The van der Waals surface area contributed by atoms with E-state index >= 15 is 4.39 Å². The van der Waals surface area contributed by atoms with Crippen molar-refractivity contribution in [1.29, 1.82) is 0 Å². The minimum absolute atomic E-state index is 0.0599. The lowest BCUT2D eigenvalue weighted by Gasteiger charge is -2.20. The molecule has 0 saturated carbocycles. The van der Waals surface area contributed by atoms with Crippen molar-refractivity contribution >= 4 is 23.2 Å². The fourth-order valence-electron chi connectivity index (χ4n) is 3.16. The molecule has 5 heteroatoms. The number of hydrogen-bond acceptors (Lipinski definition) is 3. The van der Waals surface area contributed by atoms with Crippen LogP contribution in [0.15, 0.2) is 36.7 Å². The molecule has 0 aliphatic heterocycles. The van der Waals surface area contributed by atoms with Crippen LogP contribution in [0.5, 0.6) is 0 Å². The zero-order valence-corrected chi connectivity index (χ0v) is 17.6. The van der Waals surface area contributed by atoms with Gasteiger partial charge in [0, 0.05) is 30.8 Å². The van der Waals surface area contributed by atoms with Crippen LogP contribution in [0.3, 0.4) is 0 Å². The summed E-state index contributed by atoms with van der Waals surface area (Å²) in [5, 5.41) is 0.0599. The zero-order chi connectivity index (χ0) is 20.8. The van der Waals surface area contributed by atoms with Crippen molar-refractivity contribution in [1.82, 2.24) is 4.98 Å². The second-order valence-electron chi connectivity index (χ2n) is 7.67. The number of hydrogen-bond donors (Lipinski definition) is 0. The van der Waals surface area contributed by atoms with Crippen LogP contribution < -0.4 is 0 Å². The molecule has 0 radical (unpaired) electrons. The molecule has 1 aromatic heterocycles. The molecular weight excluding hydrogens is 377 g/mol. The van der Waals surface area contributed by atoms with Gasteiger partial charge in [-0.3, -0.25) is 14.6 Å². The van der Waals surface area contributed by atoms with Gasteiger partial charge in [0.25, 0.3) is 0 Å². The van der Waals surface area contributed by atoms with Crippen LogP contribution in [0.2, 0.25) is 5.02 Å². The van der Waals surface area contributed by atoms with E-state index in [-0.39, 0.29) is 40.2 Å². The maximum absolute atomic E-state index is 15.3. The average molecular weight is 404 g/mol. The second-order valence-corrected chi connectivity index (χ2v) is 8.08. The van der Waals surface area contributed by atoms with Crippen LogP contribution in [-0.2, 0) is 4.79 Å². The number of carbonyl (C=O) groups is 2. The van der Waals surface area contributed by atoms with Gasteiger partial charge in [-0.2, -0.15) is 0 Å². The van der Waals surface area contributed by atoms with Gasteiger partial charge in [-0.25, -0.2) is 4.39 Å². The molecule has 3 nitrogen and oxygen atoms in total. The largest absolute Gasteiger partial charge is 0.300 e. The molecule has 0 saturated heterocycles. The number of pyridine rings is 1. The Kier molecular flexibility index (Phi) is 7.88. The van der Waals surface area contributed by atoms with Crippen LogP contribution in [-0.4, -0.2) is 16.6 Å². The van der Waals surface area contributed by atoms with Crippen LogP contribution in [0.25, 0.3) is 0 Å². The topological polar surface area (TPSA) is 47.0 Å². The third-order valence-corrected chi connectivity index (χ3v) is 5.68. The Hall–Kier alpha value is -2.07. The van der Waals surface area contributed by atoms with Crippen molar-refractivity contribution < 1.29 is 14.0 Å². The van der Waals surface area contributed by atoms with Gasteiger partial charge in [0.1, 0.15) is 11.6 Å². The molecule has 1 aromatic carbocycles. The smallest absolute Gasteiger partial charge is 0.199 e. The maximum Gasteiger partial charge on any atom is 0.199 e. The third-order valence-electron chi connectivity index (χ3n) is 5.37. The Morgan fingerprint density at radius 3 is 2.43 bits per heavy atom. The monoisotopic (exact) mass is 403 g/mol. The maximum atomic E-state index is 15.3. The summed E-state index contributed by atoms with van der Waals surface area (Å²) in [7, 11) is 0. The summed E-state index contributed by atoms with van der Waals surface area (Å²) < 4.78 is 15.3. The molecule has 0 fully saturated rings. The van der Waals surface area contributed by atoms with E-state index in [1.54, 1.807) is 24.4 Å². The lowest BCUT2D eigenvalue weighted by atomic mass is 9.85. The van der Waals surface area contributed by atoms with Crippen LogP contribution in [0.4, 0.5) is 4.39 Å². The minimum atomic E-state index is -0.641. The lowest BCUT2D eigenvalue weighted by Crippen LogP contribution is -2.15. The molecule has 2 atom stereocenters. The Bertz CT molecular complexity index is 836. The molecule has 1 heterocycles. The van der Waals surface area contributed by atoms with Gasteiger partial charge in [-0.05, 0) is 47.9 Å². The van der Waals surface area contributed by atoms with E-state index in [4.69, 9.17) is 11.6 Å². The van der Waals surface area contributed by atoms with Gasteiger partial charge in [0.15, 0.2) is 5.78 Å².